The lowest BCUT2D eigenvalue weighted by Gasteiger charge is -2.15. The van der Waals surface area contributed by atoms with Crippen LogP contribution < -0.4 is 5.32 Å². The molecule has 1 N–H and O–H groups in total. The fourth-order valence-electron chi connectivity index (χ4n) is 1.53. The fraction of sp³-hybridized carbons (Fsp3) is 0.500. The molecular formula is C12H19NO3S. The van der Waals surface area contributed by atoms with Gasteiger partial charge in [-0.3, -0.25) is 0 Å². The Morgan fingerprint density at radius 1 is 1.35 bits per heavy atom. The van der Waals surface area contributed by atoms with Crippen LogP contribution in [0.25, 0.3) is 0 Å². The zero-order valence-electron chi connectivity index (χ0n) is 10.4. The number of sulfone groups is 1. The van der Waals surface area contributed by atoms with E-state index in [4.69, 9.17) is 4.74 Å². The van der Waals surface area contributed by atoms with Crippen LogP contribution in [-0.2, 0) is 14.6 Å². The molecule has 0 aliphatic carbocycles. The van der Waals surface area contributed by atoms with Gasteiger partial charge < -0.3 is 10.1 Å². The highest BCUT2D eigenvalue weighted by Crippen LogP contribution is 2.20. The molecule has 1 unspecified atom stereocenters. The van der Waals surface area contributed by atoms with Crippen LogP contribution in [-0.4, -0.2) is 33.9 Å². The van der Waals surface area contributed by atoms with Gasteiger partial charge in [-0.1, -0.05) is 12.1 Å². The molecule has 0 aromatic heterocycles. The second-order valence-corrected chi connectivity index (χ2v) is 5.90. The number of nitrogens with one attached hydrogen (secondary N) is 1. The SMILES string of the molecule is CCOC(C)CNc1ccccc1S(C)(=O)=O. The van der Waals surface area contributed by atoms with Crippen molar-refractivity contribution in [3.63, 3.8) is 0 Å². The van der Waals surface area contributed by atoms with Crippen molar-refractivity contribution in [1.82, 2.24) is 0 Å². The van der Waals surface area contributed by atoms with Crippen LogP contribution in [0.2, 0.25) is 0 Å². The van der Waals surface area contributed by atoms with Gasteiger partial charge in [-0.2, -0.15) is 0 Å². The maximum Gasteiger partial charge on any atom is 0.177 e. The zero-order valence-corrected chi connectivity index (χ0v) is 11.3. The number of para-hydroxylation sites is 1. The fourth-order valence-corrected chi connectivity index (χ4v) is 2.40. The molecule has 1 rings (SSSR count). The van der Waals surface area contributed by atoms with Crippen LogP contribution in [0.15, 0.2) is 29.2 Å². The van der Waals surface area contributed by atoms with Crippen LogP contribution in [0.4, 0.5) is 5.69 Å². The van der Waals surface area contributed by atoms with E-state index in [-0.39, 0.29) is 6.10 Å². The summed E-state index contributed by atoms with van der Waals surface area (Å²) in [5.74, 6) is 0. The summed E-state index contributed by atoms with van der Waals surface area (Å²) in [5.41, 5.74) is 0.626. The average Bonchev–Trinajstić information content (AvgIpc) is 2.26. The molecule has 1 atom stereocenters. The maximum absolute atomic E-state index is 11.6. The Bertz CT molecular complexity index is 457. The molecular weight excluding hydrogens is 238 g/mol. The zero-order chi connectivity index (χ0) is 12.9. The Morgan fingerprint density at radius 3 is 2.59 bits per heavy atom. The molecule has 0 radical (unpaired) electrons. The maximum atomic E-state index is 11.6. The first kappa shape index (κ1) is 14.0. The smallest absolute Gasteiger partial charge is 0.177 e. The number of hydrogen-bond donors (Lipinski definition) is 1. The third kappa shape index (κ3) is 4.36. The average molecular weight is 257 g/mol. The standard InChI is InChI=1S/C12H19NO3S/c1-4-16-10(2)9-13-11-7-5-6-8-12(11)17(3,14)15/h5-8,10,13H,4,9H2,1-3H3. The predicted octanol–water partition coefficient (Wildman–Crippen LogP) is 1.93. The normalized spacial score (nSPS) is 13.4. The van der Waals surface area contributed by atoms with Crippen molar-refractivity contribution in [3.05, 3.63) is 24.3 Å². The number of rotatable bonds is 6. The quantitative estimate of drug-likeness (QED) is 0.846. The highest BCUT2D eigenvalue weighted by Gasteiger charge is 2.12. The van der Waals surface area contributed by atoms with Crippen molar-refractivity contribution < 1.29 is 13.2 Å². The summed E-state index contributed by atoms with van der Waals surface area (Å²) in [4.78, 5) is 0.323. The summed E-state index contributed by atoms with van der Waals surface area (Å²) < 4.78 is 28.5. The molecule has 0 aliphatic rings. The Balaban J connectivity index is 2.78. The molecule has 0 spiro atoms. The van der Waals surface area contributed by atoms with Gasteiger partial charge in [0.05, 0.1) is 16.7 Å². The van der Waals surface area contributed by atoms with Gasteiger partial charge >= 0.3 is 0 Å². The van der Waals surface area contributed by atoms with Gasteiger partial charge in [0.1, 0.15) is 0 Å². The third-order valence-corrected chi connectivity index (χ3v) is 3.47. The monoisotopic (exact) mass is 257 g/mol. The van der Waals surface area contributed by atoms with Gasteiger partial charge in [-0.25, -0.2) is 8.42 Å². The van der Waals surface area contributed by atoms with E-state index in [1.165, 1.54) is 6.26 Å². The van der Waals surface area contributed by atoms with E-state index in [0.29, 0.717) is 23.7 Å². The molecule has 0 aliphatic heterocycles. The summed E-state index contributed by atoms with van der Waals surface area (Å²) in [5, 5.41) is 3.10. The van der Waals surface area contributed by atoms with E-state index < -0.39 is 9.84 Å². The summed E-state index contributed by atoms with van der Waals surface area (Å²) in [6.07, 6.45) is 1.26. The molecule has 96 valence electrons. The topological polar surface area (TPSA) is 55.4 Å². The molecule has 0 heterocycles. The Morgan fingerprint density at radius 2 is 2.00 bits per heavy atom. The summed E-state index contributed by atoms with van der Waals surface area (Å²) in [6.45, 7) is 5.11. The molecule has 0 bridgehead atoms. The van der Waals surface area contributed by atoms with E-state index >= 15 is 0 Å². The highest BCUT2D eigenvalue weighted by atomic mass is 32.2. The Hall–Kier alpha value is -1.07. The van der Waals surface area contributed by atoms with Gasteiger partial charge in [0, 0.05) is 19.4 Å². The first-order valence-electron chi connectivity index (χ1n) is 5.59. The molecule has 1 aromatic carbocycles. The molecule has 1 aromatic rings. The van der Waals surface area contributed by atoms with Crippen LogP contribution in [0.1, 0.15) is 13.8 Å². The minimum absolute atomic E-state index is 0.0487. The second kappa shape index (κ2) is 6.02. The van der Waals surface area contributed by atoms with Crippen LogP contribution in [0.3, 0.4) is 0 Å². The molecule has 0 amide bonds. The second-order valence-electron chi connectivity index (χ2n) is 3.92. The van der Waals surface area contributed by atoms with Crippen LogP contribution >= 0.6 is 0 Å². The molecule has 5 heteroatoms. The van der Waals surface area contributed by atoms with Crippen molar-refractivity contribution in [2.24, 2.45) is 0 Å². The van der Waals surface area contributed by atoms with E-state index in [9.17, 15) is 8.42 Å². The van der Waals surface area contributed by atoms with Gasteiger partial charge in [0.15, 0.2) is 9.84 Å². The molecule has 0 saturated carbocycles. The lowest BCUT2D eigenvalue weighted by molar-refractivity contribution is 0.0855. The Labute approximate surface area is 103 Å². The summed E-state index contributed by atoms with van der Waals surface area (Å²) in [6, 6.07) is 6.88. The van der Waals surface area contributed by atoms with Gasteiger partial charge in [0.2, 0.25) is 0 Å². The molecule has 0 saturated heterocycles. The van der Waals surface area contributed by atoms with E-state index in [0.717, 1.165) is 0 Å². The summed E-state index contributed by atoms with van der Waals surface area (Å²) in [7, 11) is -3.20. The lowest BCUT2D eigenvalue weighted by atomic mass is 10.3. The molecule has 4 nitrogen and oxygen atoms in total. The van der Waals surface area contributed by atoms with Crippen molar-refractivity contribution in [1.29, 1.82) is 0 Å². The van der Waals surface area contributed by atoms with Crippen LogP contribution in [0, 0.1) is 0 Å². The Kier molecular flexibility index (Phi) is 4.96. The lowest BCUT2D eigenvalue weighted by Crippen LogP contribution is -2.20. The van der Waals surface area contributed by atoms with E-state index in [1.807, 2.05) is 19.9 Å². The van der Waals surface area contributed by atoms with E-state index in [1.54, 1.807) is 18.2 Å². The van der Waals surface area contributed by atoms with Gasteiger partial charge in [-0.15, -0.1) is 0 Å². The minimum atomic E-state index is -3.20. The van der Waals surface area contributed by atoms with Gasteiger partial charge in [0.25, 0.3) is 0 Å². The van der Waals surface area contributed by atoms with Crippen molar-refractivity contribution in [2.75, 3.05) is 24.7 Å². The molecule has 17 heavy (non-hydrogen) atoms. The molecule has 0 fully saturated rings. The minimum Gasteiger partial charge on any atom is -0.381 e. The van der Waals surface area contributed by atoms with Crippen molar-refractivity contribution in [2.45, 2.75) is 24.8 Å². The number of ether oxygens (including phenoxy) is 1. The van der Waals surface area contributed by atoms with Crippen molar-refractivity contribution in [3.8, 4) is 0 Å². The van der Waals surface area contributed by atoms with Crippen LogP contribution in [0.5, 0.6) is 0 Å². The van der Waals surface area contributed by atoms with Crippen molar-refractivity contribution >= 4 is 15.5 Å². The number of hydrogen-bond acceptors (Lipinski definition) is 4. The van der Waals surface area contributed by atoms with E-state index in [2.05, 4.69) is 5.32 Å². The largest absolute Gasteiger partial charge is 0.381 e. The first-order valence-corrected chi connectivity index (χ1v) is 7.49. The van der Waals surface area contributed by atoms with Gasteiger partial charge in [-0.05, 0) is 26.0 Å². The highest BCUT2D eigenvalue weighted by molar-refractivity contribution is 7.90. The first-order chi connectivity index (χ1) is 7.95. The summed E-state index contributed by atoms with van der Waals surface area (Å²) >= 11 is 0. The predicted molar refractivity (Wildman–Crippen MR) is 69.1 cm³/mol. The third-order valence-electron chi connectivity index (χ3n) is 2.32. The number of anilines is 1. The number of benzene rings is 1.